The highest BCUT2D eigenvalue weighted by Gasteiger charge is 2.20. The van der Waals surface area contributed by atoms with Crippen LogP contribution in [0.4, 0.5) is 5.69 Å². The minimum atomic E-state index is -3.75. The van der Waals surface area contributed by atoms with Crippen molar-refractivity contribution in [1.29, 1.82) is 0 Å². The Morgan fingerprint density at radius 1 is 1.14 bits per heavy atom. The summed E-state index contributed by atoms with van der Waals surface area (Å²) in [6.07, 6.45) is 0. The van der Waals surface area contributed by atoms with Crippen molar-refractivity contribution in [3.8, 4) is 5.75 Å². The van der Waals surface area contributed by atoms with Gasteiger partial charge in [0.25, 0.3) is 10.0 Å². The van der Waals surface area contributed by atoms with Crippen molar-refractivity contribution in [2.45, 2.75) is 18.7 Å². The molecule has 2 rings (SSSR count). The summed E-state index contributed by atoms with van der Waals surface area (Å²) in [6.45, 7) is 3.63. The van der Waals surface area contributed by atoms with Crippen LogP contribution in [0.1, 0.15) is 11.1 Å². The largest absolute Gasteiger partial charge is 0.495 e. The Hall–Kier alpha value is -1.72. The van der Waals surface area contributed by atoms with Crippen molar-refractivity contribution in [2.75, 3.05) is 11.8 Å². The second kappa shape index (κ2) is 5.95. The van der Waals surface area contributed by atoms with E-state index in [-0.39, 0.29) is 4.90 Å². The SMILES string of the molecule is COc1cc(C)ccc1S(=O)(=O)Nc1cccc(Cl)c1C. The lowest BCUT2D eigenvalue weighted by Crippen LogP contribution is -2.15. The first kappa shape index (κ1) is 15.7. The average molecular weight is 326 g/mol. The lowest BCUT2D eigenvalue weighted by atomic mass is 10.2. The predicted octanol–water partition coefficient (Wildman–Crippen LogP) is 3.77. The number of hydrogen-bond donors (Lipinski definition) is 1. The number of rotatable bonds is 4. The fraction of sp³-hybridized carbons (Fsp3) is 0.200. The van der Waals surface area contributed by atoms with Gasteiger partial charge in [-0.3, -0.25) is 4.72 Å². The highest BCUT2D eigenvalue weighted by molar-refractivity contribution is 7.92. The molecule has 0 amide bonds. The number of nitrogens with one attached hydrogen (secondary N) is 1. The molecule has 0 saturated carbocycles. The van der Waals surface area contributed by atoms with Crippen LogP contribution in [0, 0.1) is 13.8 Å². The van der Waals surface area contributed by atoms with Crippen LogP contribution >= 0.6 is 11.6 Å². The number of anilines is 1. The predicted molar refractivity (Wildman–Crippen MR) is 84.7 cm³/mol. The molecule has 4 nitrogen and oxygen atoms in total. The summed E-state index contributed by atoms with van der Waals surface area (Å²) in [6, 6.07) is 10.00. The van der Waals surface area contributed by atoms with Gasteiger partial charge in [-0.15, -0.1) is 0 Å². The van der Waals surface area contributed by atoms with Gasteiger partial charge in [-0.2, -0.15) is 0 Å². The molecule has 0 aliphatic heterocycles. The van der Waals surface area contributed by atoms with Gasteiger partial charge in [0.15, 0.2) is 0 Å². The number of ether oxygens (including phenoxy) is 1. The van der Waals surface area contributed by atoms with Crippen LogP contribution in [-0.4, -0.2) is 15.5 Å². The summed E-state index contributed by atoms with van der Waals surface area (Å²) in [4.78, 5) is 0.0926. The van der Waals surface area contributed by atoms with Crippen molar-refractivity contribution >= 4 is 27.3 Å². The van der Waals surface area contributed by atoms with Gasteiger partial charge in [-0.25, -0.2) is 8.42 Å². The third-order valence-electron chi connectivity index (χ3n) is 3.12. The molecule has 0 radical (unpaired) electrons. The van der Waals surface area contributed by atoms with Crippen molar-refractivity contribution in [2.24, 2.45) is 0 Å². The molecule has 112 valence electrons. The number of hydrogen-bond acceptors (Lipinski definition) is 3. The van der Waals surface area contributed by atoms with E-state index in [0.29, 0.717) is 22.0 Å². The van der Waals surface area contributed by atoms with E-state index in [9.17, 15) is 8.42 Å². The summed E-state index contributed by atoms with van der Waals surface area (Å²) in [7, 11) is -2.30. The highest BCUT2D eigenvalue weighted by atomic mass is 35.5. The molecule has 0 heterocycles. The number of benzene rings is 2. The minimum Gasteiger partial charge on any atom is -0.495 e. The van der Waals surface area contributed by atoms with Gasteiger partial charge in [-0.05, 0) is 49.2 Å². The molecule has 0 aliphatic carbocycles. The van der Waals surface area contributed by atoms with Crippen LogP contribution < -0.4 is 9.46 Å². The number of sulfonamides is 1. The quantitative estimate of drug-likeness (QED) is 0.931. The molecule has 1 N–H and O–H groups in total. The van der Waals surface area contributed by atoms with E-state index in [0.717, 1.165) is 5.56 Å². The Morgan fingerprint density at radius 2 is 1.86 bits per heavy atom. The molecule has 0 unspecified atom stereocenters. The zero-order valence-electron chi connectivity index (χ0n) is 12.0. The van der Waals surface area contributed by atoms with Gasteiger partial charge < -0.3 is 4.74 Å². The van der Waals surface area contributed by atoms with Crippen LogP contribution in [0.2, 0.25) is 5.02 Å². The number of aryl methyl sites for hydroxylation is 1. The summed E-state index contributed by atoms with van der Waals surface area (Å²) in [5, 5.41) is 0.506. The first-order valence-corrected chi connectivity index (χ1v) is 8.14. The maximum Gasteiger partial charge on any atom is 0.265 e. The van der Waals surface area contributed by atoms with Crippen LogP contribution in [-0.2, 0) is 10.0 Å². The number of halogens is 1. The van der Waals surface area contributed by atoms with Gasteiger partial charge >= 0.3 is 0 Å². The van der Waals surface area contributed by atoms with Gasteiger partial charge in [0.2, 0.25) is 0 Å². The molecule has 0 fully saturated rings. The fourth-order valence-electron chi connectivity index (χ4n) is 1.91. The summed E-state index contributed by atoms with van der Waals surface area (Å²) < 4.78 is 32.7. The van der Waals surface area contributed by atoms with Crippen molar-refractivity contribution in [3.63, 3.8) is 0 Å². The normalized spacial score (nSPS) is 11.2. The third kappa shape index (κ3) is 3.31. The molecule has 2 aromatic rings. The van der Waals surface area contributed by atoms with E-state index >= 15 is 0 Å². The van der Waals surface area contributed by atoms with E-state index in [4.69, 9.17) is 16.3 Å². The van der Waals surface area contributed by atoms with Crippen LogP contribution in [0.25, 0.3) is 0 Å². The molecular formula is C15H16ClNO3S. The fourth-order valence-corrected chi connectivity index (χ4v) is 3.36. The van der Waals surface area contributed by atoms with Gasteiger partial charge in [0.1, 0.15) is 10.6 Å². The molecule has 21 heavy (non-hydrogen) atoms. The van der Waals surface area contributed by atoms with Gasteiger partial charge in [0, 0.05) is 5.02 Å². The molecule has 0 saturated heterocycles. The van der Waals surface area contributed by atoms with Crippen molar-refractivity contribution in [1.82, 2.24) is 0 Å². The average Bonchev–Trinajstić information content (AvgIpc) is 2.43. The van der Waals surface area contributed by atoms with E-state index < -0.39 is 10.0 Å². The monoisotopic (exact) mass is 325 g/mol. The van der Waals surface area contributed by atoms with Gasteiger partial charge in [0.05, 0.1) is 12.8 Å². The van der Waals surface area contributed by atoms with Crippen LogP contribution in [0.15, 0.2) is 41.3 Å². The standard InChI is InChI=1S/C15H16ClNO3S/c1-10-7-8-15(14(9-10)20-3)21(18,19)17-13-6-4-5-12(16)11(13)2/h4-9,17H,1-3H3. The Morgan fingerprint density at radius 3 is 2.52 bits per heavy atom. The first-order chi connectivity index (χ1) is 9.85. The van der Waals surface area contributed by atoms with Gasteiger partial charge in [-0.1, -0.05) is 23.7 Å². The second-order valence-electron chi connectivity index (χ2n) is 4.67. The molecule has 0 aromatic heterocycles. The van der Waals surface area contributed by atoms with E-state index in [2.05, 4.69) is 4.72 Å². The summed E-state index contributed by atoms with van der Waals surface area (Å²) >= 11 is 6.01. The maximum absolute atomic E-state index is 12.5. The van der Waals surface area contributed by atoms with E-state index in [1.54, 1.807) is 37.3 Å². The Labute approximate surface area is 129 Å². The zero-order valence-corrected chi connectivity index (χ0v) is 13.5. The summed E-state index contributed by atoms with van der Waals surface area (Å²) in [5.41, 5.74) is 2.05. The molecular weight excluding hydrogens is 310 g/mol. The minimum absolute atomic E-state index is 0.0926. The lowest BCUT2D eigenvalue weighted by molar-refractivity contribution is 0.402. The Kier molecular flexibility index (Phi) is 4.44. The second-order valence-corrected chi connectivity index (χ2v) is 6.73. The zero-order chi connectivity index (χ0) is 15.6. The van der Waals surface area contributed by atoms with E-state index in [1.807, 2.05) is 6.92 Å². The molecule has 0 bridgehead atoms. The lowest BCUT2D eigenvalue weighted by Gasteiger charge is -2.14. The molecule has 0 aliphatic rings. The highest BCUT2D eigenvalue weighted by Crippen LogP contribution is 2.29. The summed E-state index contributed by atoms with van der Waals surface area (Å²) in [5.74, 6) is 0.308. The topological polar surface area (TPSA) is 55.4 Å². The molecule has 6 heteroatoms. The molecule has 2 aromatic carbocycles. The Balaban J connectivity index is 2.46. The van der Waals surface area contributed by atoms with Crippen LogP contribution in [0.5, 0.6) is 5.75 Å². The Bertz CT molecular complexity index is 772. The smallest absolute Gasteiger partial charge is 0.265 e. The molecule has 0 atom stereocenters. The number of methoxy groups -OCH3 is 1. The molecule has 0 spiro atoms. The maximum atomic E-state index is 12.5. The van der Waals surface area contributed by atoms with Crippen LogP contribution in [0.3, 0.4) is 0 Å². The van der Waals surface area contributed by atoms with Crippen molar-refractivity contribution < 1.29 is 13.2 Å². The van der Waals surface area contributed by atoms with E-state index in [1.165, 1.54) is 13.2 Å². The first-order valence-electron chi connectivity index (χ1n) is 6.27. The van der Waals surface area contributed by atoms with Crippen molar-refractivity contribution in [3.05, 3.63) is 52.5 Å². The third-order valence-corrected chi connectivity index (χ3v) is 4.94.